The van der Waals surface area contributed by atoms with Crippen molar-refractivity contribution in [3.05, 3.63) is 46.8 Å². The highest BCUT2D eigenvalue weighted by Crippen LogP contribution is 2.25. The van der Waals surface area contributed by atoms with Crippen LogP contribution >= 0.6 is 0 Å². The predicted molar refractivity (Wildman–Crippen MR) is 98.0 cm³/mol. The zero-order chi connectivity index (χ0) is 18.7. The Morgan fingerprint density at radius 1 is 1.27 bits per heavy atom. The van der Waals surface area contributed by atoms with E-state index in [1.54, 1.807) is 22.9 Å². The number of carbonyl (C=O) groups excluding carboxylic acids is 1. The molecule has 138 valence electrons. The van der Waals surface area contributed by atoms with Crippen LogP contribution in [0, 0.1) is 0 Å². The third-order valence-electron chi connectivity index (χ3n) is 4.94. The largest absolute Gasteiger partial charge is 0.480 e. The predicted octanol–water partition coefficient (Wildman–Crippen LogP) is 1.06. The van der Waals surface area contributed by atoms with E-state index in [9.17, 15) is 14.4 Å². The van der Waals surface area contributed by atoms with Crippen LogP contribution in [0.1, 0.15) is 19.8 Å². The molecule has 1 fully saturated rings. The Kier molecular flexibility index (Phi) is 5.37. The molecular weight excluding hydrogens is 334 g/mol. The van der Waals surface area contributed by atoms with Crippen molar-refractivity contribution in [1.29, 1.82) is 0 Å². The maximum atomic E-state index is 12.4. The molecule has 0 spiro atoms. The van der Waals surface area contributed by atoms with Gasteiger partial charge in [0.1, 0.15) is 6.54 Å². The molecule has 0 aliphatic heterocycles. The fourth-order valence-corrected chi connectivity index (χ4v) is 3.50. The van der Waals surface area contributed by atoms with Crippen molar-refractivity contribution in [1.82, 2.24) is 14.8 Å². The number of likely N-dealkylation sites (N-methyl/N-ethyl adjacent to an activating group) is 1. The molecule has 1 aliphatic rings. The number of aliphatic carboxylic acids is 1. The van der Waals surface area contributed by atoms with E-state index in [1.165, 1.54) is 6.07 Å². The number of hydrogen-bond acceptors (Lipinski definition) is 4. The zero-order valence-corrected chi connectivity index (χ0v) is 14.7. The van der Waals surface area contributed by atoms with Gasteiger partial charge in [-0.3, -0.25) is 19.3 Å². The maximum absolute atomic E-state index is 12.4. The number of aromatic nitrogens is 1. The molecule has 7 heteroatoms. The minimum absolute atomic E-state index is 0.0330. The second-order valence-corrected chi connectivity index (χ2v) is 6.67. The van der Waals surface area contributed by atoms with Gasteiger partial charge in [-0.1, -0.05) is 19.1 Å². The number of para-hydroxylation sites is 1. The van der Waals surface area contributed by atoms with Crippen molar-refractivity contribution in [3.8, 4) is 0 Å². The summed E-state index contributed by atoms with van der Waals surface area (Å²) in [7, 11) is 0. The first-order valence-electron chi connectivity index (χ1n) is 8.81. The van der Waals surface area contributed by atoms with Crippen LogP contribution in [0.15, 0.2) is 41.3 Å². The van der Waals surface area contributed by atoms with Gasteiger partial charge < -0.3 is 15.0 Å². The van der Waals surface area contributed by atoms with E-state index in [0.717, 1.165) is 18.4 Å². The molecule has 1 amide bonds. The summed E-state index contributed by atoms with van der Waals surface area (Å²) in [5.41, 5.74) is 0.678. The smallest absolute Gasteiger partial charge is 0.317 e. The SMILES string of the molecule is CCN(CC(=O)O)C1CC(NC(=O)Cn2ccc(=O)c3ccccc32)C1. The average Bonchev–Trinajstić information content (AvgIpc) is 2.58. The number of carboxylic acid groups (broad SMARTS) is 1. The summed E-state index contributed by atoms with van der Waals surface area (Å²) in [5, 5.41) is 12.5. The summed E-state index contributed by atoms with van der Waals surface area (Å²) in [4.78, 5) is 37.0. The second kappa shape index (κ2) is 7.70. The van der Waals surface area contributed by atoms with Gasteiger partial charge in [0.15, 0.2) is 5.43 Å². The quantitative estimate of drug-likeness (QED) is 0.773. The van der Waals surface area contributed by atoms with Gasteiger partial charge in [0.2, 0.25) is 5.91 Å². The Balaban J connectivity index is 1.57. The van der Waals surface area contributed by atoms with Gasteiger partial charge in [-0.05, 0) is 31.5 Å². The van der Waals surface area contributed by atoms with E-state index in [0.29, 0.717) is 11.9 Å². The minimum atomic E-state index is -0.829. The molecule has 26 heavy (non-hydrogen) atoms. The fourth-order valence-electron chi connectivity index (χ4n) is 3.50. The molecule has 1 heterocycles. The number of amides is 1. The van der Waals surface area contributed by atoms with E-state index in [-0.39, 0.29) is 36.5 Å². The summed E-state index contributed by atoms with van der Waals surface area (Å²) in [6.45, 7) is 2.80. The van der Waals surface area contributed by atoms with Crippen molar-refractivity contribution in [3.63, 3.8) is 0 Å². The topological polar surface area (TPSA) is 91.6 Å². The van der Waals surface area contributed by atoms with E-state index in [1.807, 2.05) is 24.0 Å². The molecule has 0 unspecified atom stereocenters. The number of nitrogens with zero attached hydrogens (tertiary/aromatic N) is 2. The van der Waals surface area contributed by atoms with Gasteiger partial charge in [0.25, 0.3) is 0 Å². The van der Waals surface area contributed by atoms with Crippen LogP contribution in [0.4, 0.5) is 0 Å². The molecule has 0 saturated heterocycles. The lowest BCUT2D eigenvalue weighted by Gasteiger charge is -2.42. The molecule has 1 aromatic carbocycles. The lowest BCUT2D eigenvalue weighted by atomic mass is 9.85. The van der Waals surface area contributed by atoms with Gasteiger partial charge in [0, 0.05) is 29.7 Å². The number of carbonyl (C=O) groups is 2. The molecule has 1 saturated carbocycles. The normalized spacial score (nSPS) is 19.3. The van der Waals surface area contributed by atoms with Crippen LogP contribution in [0.3, 0.4) is 0 Å². The highest BCUT2D eigenvalue weighted by atomic mass is 16.4. The Hall–Kier alpha value is -2.67. The summed E-state index contributed by atoms with van der Waals surface area (Å²) in [6, 6.07) is 8.97. The highest BCUT2D eigenvalue weighted by Gasteiger charge is 2.34. The minimum Gasteiger partial charge on any atom is -0.480 e. The lowest BCUT2D eigenvalue weighted by Crippen LogP contribution is -2.55. The third-order valence-corrected chi connectivity index (χ3v) is 4.94. The van der Waals surface area contributed by atoms with Crippen LogP contribution in [0.2, 0.25) is 0 Å². The Bertz CT molecular complexity index is 870. The number of benzene rings is 1. The summed E-state index contributed by atoms with van der Waals surface area (Å²) in [5.74, 6) is -0.937. The Morgan fingerprint density at radius 2 is 2.00 bits per heavy atom. The number of rotatable bonds is 7. The van der Waals surface area contributed by atoms with Crippen LogP contribution in [0.5, 0.6) is 0 Å². The van der Waals surface area contributed by atoms with Gasteiger partial charge in [-0.25, -0.2) is 0 Å². The number of hydrogen-bond donors (Lipinski definition) is 2. The Morgan fingerprint density at radius 3 is 2.69 bits per heavy atom. The zero-order valence-electron chi connectivity index (χ0n) is 14.7. The van der Waals surface area contributed by atoms with E-state index in [4.69, 9.17) is 5.11 Å². The summed E-state index contributed by atoms with van der Waals surface area (Å²) < 4.78 is 1.77. The molecule has 2 N–H and O–H groups in total. The molecule has 0 bridgehead atoms. The summed E-state index contributed by atoms with van der Waals surface area (Å²) in [6.07, 6.45) is 3.16. The first-order chi connectivity index (χ1) is 12.5. The molecular formula is C19H23N3O4. The van der Waals surface area contributed by atoms with Crippen LogP contribution in [-0.2, 0) is 16.1 Å². The fraction of sp³-hybridized carbons (Fsp3) is 0.421. The van der Waals surface area contributed by atoms with Gasteiger partial charge in [-0.15, -0.1) is 0 Å². The second-order valence-electron chi connectivity index (χ2n) is 6.67. The third kappa shape index (κ3) is 3.94. The molecule has 1 aromatic heterocycles. The van der Waals surface area contributed by atoms with E-state index in [2.05, 4.69) is 5.32 Å². The van der Waals surface area contributed by atoms with Gasteiger partial charge in [-0.2, -0.15) is 0 Å². The first kappa shape index (κ1) is 18.1. The number of carboxylic acids is 1. The molecule has 0 atom stereocenters. The summed E-state index contributed by atoms with van der Waals surface area (Å²) >= 11 is 0. The molecule has 3 rings (SSSR count). The lowest BCUT2D eigenvalue weighted by molar-refractivity contribution is -0.139. The number of pyridine rings is 1. The highest BCUT2D eigenvalue weighted by molar-refractivity contribution is 5.82. The molecule has 1 aliphatic carbocycles. The first-order valence-corrected chi connectivity index (χ1v) is 8.81. The molecule has 0 radical (unpaired) electrons. The van der Waals surface area contributed by atoms with Crippen LogP contribution < -0.4 is 10.7 Å². The van der Waals surface area contributed by atoms with Crippen molar-refractivity contribution in [2.45, 2.75) is 38.4 Å². The van der Waals surface area contributed by atoms with E-state index >= 15 is 0 Å². The van der Waals surface area contributed by atoms with Gasteiger partial charge >= 0.3 is 5.97 Å². The molecule has 2 aromatic rings. The monoisotopic (exact) mass is 357 g/mol. The van der Waals surface area contributed by atoms with E-state index < -0.39 is 5.97 Å². The van der Waals surface area contributed by atoms with Gasteiger partial charge in [0.05, 0.1) is 12.1 Å². The van der Waals surface area contributed by atoms with Crippen molar-refractivity contribution < 1.29 is 14.7 Å². The van der Waals surface area contributed by atoms with Crippen LogP contribution in [-0.4, -0.2) is 51.6 Å². The number of fused-ring (bicyclic) bond motifs is 1. The number of nitrogens with one attached hydrogen (secondary N) is 1. The van der Waals surface area contributed by atoms with Crippen LogP contribution in [0.25, 0.3) is 10.9 Å². The Labute approximate surface area is 151 Å². The van der Waals surface area contributed by atoms with Crippen molar-refractivity contribution >= 4 is 22.8 Å². The van der Waals surface area contributed by atoms with Crippen molar-refractivity contribution in [2.24, 2.45) is 0 Å². The average molecular weight is 357 g/mol. The van der Waals surface area contributed by atoms with Crippen molar-refractivity contribution in [2.75, 3.05) is 13.1 Å². The standard InChI is InChI=1S/C19H23N3O4/c1-2-21(12-19(25)26)14-9-13(10-14)20-18(24)11-22-8-7-17(23)15-5-3-4-6-16(15)22/h3-8,13-14H,2,9-12H2,1H3,(H,20,24)(H,25,26). The molecule has 7 nitrogen and oxygen atoms in total. The maximum Gasteiger partial charge on any atom is 0.317 e.